The average molecular weight is 994 g/mol. The molecule has 0 amide bonds. The van der Waals surface area contributed by atoms with E-state index in [4.69, 9.17) is 14.2 Å². The van der Waals surface area contributed by atoms with E-state index in [9.17, 15) is 14.4 Å². The van der Waals surface area contributed by atoms with Crippen LogP contribution < -0.4 is 0 Å². The van der Waals surface area contributed by atoms with Crippen LogP contribution in [-0.4, -0.2) is 37.2 Å². The maximum Gasteiger partial charge on any atom is 0.306 e. The molecule has 0 heterocycles. The van der Waals surface area contributed by atoms with E-state index in [0.29, 0.717) is 19.3 Å². The molecule has 71 heavy (non-hydrogen) atoms. The average Bonchev–Trinajstić information content (AvgIpc) is 3.37. The maximum absolute atomic E-state index is 12.8. The summed E-state index contributed by atoms with van der Waals surface area (Å²) in [5.41, 5.74) is 0. The molecule has 0 radical (unpaired) electrons. The van der Waals surface area contributed by atoms with Gasteiger partial charge >= 0.3 is 17.9 Å². The van der Waals surface area contributed by atoms with Gasteiger partial charge in [-0.2, -0.15) is 0 Å². The maximum atomic E-state index is 12.8. The second-order valence-corrected chi connectivity index (χ2v) is 20.6. The molecule has 0 aliphatic carbocycles. The number of rotatable bonds is 56. The molecule has 6 nitrogen and oxygen atoms in total. The number of unbranched alkanes of at least 4 members (excludes halogenated alkanes) is 35. The first-order chi connectivity index (χ1) is 35.0. The van der Waals surface area contributed by atoms with Crippen molar-refractivity contribution in [3.05, 3.63) is 60.8 Å². The molecule has 0 N–H and O–H groups in total. The minimum absolute atomic E-state index is 0.0929. The van der Waals surface area contributed by atoms with Crippen LogP contribution in [0, 0.1) is 0 Å². The Bertz CT molecular complexity index is 1280. The molecule has 0 fully saturated rings. The van der Waals surface area contributed by atoms with E-state index in [1.807, 2.05) is 0 Å². The van der Waals surface area contributed by atoms with E-state index < -0.39 is 6.10 Å². The third-order valence-electron chi connectivity index (χ3n) is 13.5. The molecule has 0 aliphatic rings. The summed E-state index contributed by atoms with van der Waals surface area (Å²) in [6.07, 6.45) is 75.4. The van der Waals surface area contributed by atoms with E-state index in [0.717, 1.165) is 77.0 Å². The Labute approximate surface area is 440 Å². The van der Waals surface area contributed by atoms with Crippen molar-refractivity contribution in [1.29, 1.82) is 0 Å². The van der Waals surface area contributed by atoms with Crippen LogP contribution in [0.5, 0.6) is 0 Å². The second-order valence-electron chi connectivity index (χ2n) is 20.6. The Morgan fingerprint density at radius 2 is 0.549 bits per heavy atom. The number of carbonyl (C=O) groups excluding carboxylic acids is 3. The van der Waals surface area contributed by atoms with Gasteiger partial charge in [0, 0.05) is 19.3 Å². The number of hydrogen-bond acceptors (Lipinski definition) is 6. The van der Waals surface area contributed by atoms with Gasteiger partial charge in [0.05, 0.1) is 0 Å². The van der Waals surface area contributed by atoms with Crippen LogP contribution in [-0.2, 0) is 28.6 Å². The summed E-state index contributed by atoms with van der Waals surface area (Å²) in [5.74, 6) is -0.939. The molecule has 412 valence electrons. The SMILES string of the molecule is CC/C=C\C/C=C\C/C=C\C/C=C\C/C=C\CCCC(=O)OC(COC(=O)CCCCCCCCCCCC)COC(=O)CCCCCCCCCCCCCCCCCCCCCCCCCCCC. The number of esters is 3. The molecule has 0 saturated heterocycles. The van der Waals surface area contributed by atoms with Gasteiger partial charge in [0.15, 0.2) is 6.10 Å². The van der Waals surface area contributed by atoms with Crippen LogP contribution >= 0.6 is 0 Å². The van der Waals surface area contributed by atoms with E-state index in [1.165, 1.54) is 193 Å². The predicted octanol–water partition coefficient (Wildman–Crippen LogP) is 20.8. The predicted molar refractivity (Wildman–Crippen MR) is 307 cm³/mol. The van der Waals surface area contributed by atoms with Crippen LogP contribution in [0.3, 0.4) is 0 Å². The lowest BCUT2D eigenvalue weighted by molar-refractivity contribution is -0.167. The molecule has 0 aromatic carbocycles. The van der Waals surface area contributed by atoms with Crippen molar-refractivity contribution in [1.82, 2.24) is 0 Å². The lowest BCUT2D eigenvalue weighted by atomic mass is 10.0. The van der Waals surface area contributed by atoms with Gasteiger partial charge < -0.3 is 14.2 Å². The summed E-state index contributed by atoms with van der Waals surface area (Å²) in [7, 11) is 0. The van der Waals surface area contributed by atoms with Crippen LogP contribution in [0.2, 0.25) is 0 Å². The summed E-state index contributed by atoms with van der Waals surface area (Å²) in [6, 6.07) is 0. The van der Waals surface area contributed by atoms with Gasteiger partial charge in [-0.25, -0.2) is 0 Å². The van der Waals surface area contributed by atoms with Crippen molar-refractivity contribution < 1.29 is 28.6 Å². The molecule has 0 saturated carbocycles. The van der Waals surface area contributed by atoms with E-state index >= 15 is 0 Å². The molecule has 1 atom stereocenters. The Morgan fingerprint density at radius 1 is 0.296 bits per heavy atom. The fraction of sp³-hybridized carbons (Fsp3) is 0.800. The van der Waals surface area contributed by atoms with Crippen LogP contribution in [0.1, 0.15) is 316 Å². The monoisotopic (exact) mass is 993 g/mol. The van der Waals surface area contributed by atoms with E-state index in [1.54, 1.807) is 0 Å². The first-order valence-electron chi connectivity index (χ1n) is 30.8. The number of hydrogen-bond donors (Lipinski definition) is 0. The first kappa shape index (κ1) is 68.1. The van der Waals surface area contributed by atoms with Gasteiger partial charge in [-0.1, -0.05) is 300 Å². The molecule has 6 heteroatoms. The molecular weight excluding hydrogens is 877 g/mol. The molecular formula is C65H116O6. The summed E-state index contributed by atoms with van der Waals surface area (Å²) in [5, 5.41) is 0. The van der Waals surface area contributed by atoms with Gasteiger partial charge in [0.25, 0.3) is 0 Å². The molecule has 0 rings (SSSR count). The van der Waals surface area contributed by atoms with Crippen LogP contribution in [0.15, 0.2) is 60.8 Å². The van der Waals surface area contributed by atoms with Gasteiger partial charge in [-0.3, -0.25) is 14.4 Å². The number of ether oxygens (including phenoxy) is 3. The topological polar surface area (TPSA) is 78.9 Å². The zero-order valence-corrected chi connectivity index (χ0v) is 47.2. The zero-order valence-electron chi connectivity index (χ0n) is 47.2. The highest BCUT2D eigenvalue weighted by Crippen LogP contribution is 2.17. The Morgan fingerprint density at radius 3 is 0.845 bits per heavy atom. The minimum atomic E-state index is -0.800. The van der Waals surface area contributed by atoms with Crippen molar-refractivity contribution in [2.24, 2.45) is 0 Å². The van der Waals surface area contributed by atoms with E-state index in [-0.39, 0.29) is 37.5 Å². The van der Waals surface area contributed by atoms with Gasteiger partial charge in [-0.05, 0) is 57.8 Å². The summed E-state index contributed by atoms with van der Waals surface area (Å²) < 4.78 is 16.8. The lowest BCUT2D eigenvalue weighted by Gasteiger charge is -2.18. The van der Waals surface area contributed by atoms with Crippen LogP contribution in [0.25, 0.3) is 0 Å². The van der Waals surface area contributed by atoms with Crippen molar-refractivity contribution in [3.8, 4) is 0 Å². The third kappa shape index (κ3) is 57.9. The first-order valence-corrected chi connectivity index (χ1v) is 30.8. The minimum Gasteiger partial charge on any atom is -0.462 e. The second kappa shape index (κ2) is 59.7. The van der Waals surface area contributed by atoms with Crippen molar-refractivity contribution in [2.75, 3.05) is 13.2 Å². The van der Waals surface area contributed by atoms with Gasteiger partial charge in [-0.15, -0.1) is 0 Å². The van der Waals surface area contributed by atoms with Gasteiger partial charge in [0.2, 0.25) is 0 Å². The Kier molecular flexibility index (Phi) is 57.2. The molecule has 0 aromatic heterocycles. The summed E-state index contributed by atoms with van der Waals surface area (Å²) in [6.45, 7) is 6.50. The normalized spacial score (nSPS) is 12.4. The fourth-order valence-electron chi connectivity index (χ4n) is 8.95. The Hall–Kier alpha value is -2.89. The molecule has 0 aliphatic heterocycles. The quantitative estimate of drug-likeness (QED) is 0.0261. The third-order valence-corrected chi connectivity index (χ3v) is 13.5. The smallest absolute Gasteiger partial charge is 0.306 e. The molecule has 0 aromatic rings. The van der Waals surface area contributed by atoms with Crippen molar-refractivity contribution >= 4 is 17.9 Å². The standard InChI is InChI=1S/C65H116O6/c1-4-7-10-13-16-19-22-24-26-28-29-30-31-32-33-34-35-36-38-39-41-43-46-49-52-55-58-64(67)70-61-62(60-69-63(66)57-54-51-48-45-21-18-15-12-9-6-3)71-65(68)59-56-53-50-47-44-42-40-37-27-25-23-20-17-14-11-8-5-2/h8,11,17,20,25,27,40,42,47,50,62H,4-7,9-10,12-16,18-19,21-24,26,28-39,41,43-46,48-49,51-61H2,1-3H3/b11-8-,20-17-,27-25-,42-40-,50-47-. The molecule has 1 unspecified atom stereocenters. The molecule has 0 bridgehead atoms. The fourth-order valence-corrected chi connectivity index (χ4v) is 8.95. The highest BCUT2D eigenvalue weighted by Gasteiger charge is 2.19. The largest absolute Gasteiger partial charge is 0.462 e. The summed E-state index contributed by atoms with van der Waals surface area (Å²) in [4.78, 5) is 38.1. The number of carbonyl (C=O) groups is 3. The highest BCUT2D eigenvalue weighted by molar-refractivity contribution is 5.71. The Balaban J connectivity index is 4.23. The number of allylic oxidation sites excluding steroid dienone is 10. The van der Waals surface area contributed by atoms with Gasteiger partial charge in [0.1, 0.15) is 13.2 Å². The van der Waals surface area contributed by atoms with Crippen LogP contribution in [0.4, 0.5) is 0 Å². The zero-order chi connectivity index (χ0) is 51.4. The highest BCUT2D eigenvalue weighted by atomic mass is 16.6. The molecule has 0 spiro atoms. The van der Waals surface area contributed by atoms with Crippen molar-refractivity contribution in [2.45, 2.75) is 322 Å². The summed E-state index contributed by atoms with van der Waals surface area (Å²) >= 11 is 0. The van der Waals surface area contributed by atoms with Crippen molar-refractivity contribution in [3.63, 3.8) is 0 Å². The van der Waals surface area contributed by atoms with E-state index in [2.05, 4.69) is 81.5 Å². The lowest BCUT2D eigenvalue weighted by Crippen LogP contribution is -2.30.